The van der Waals surface area contributed by atoms with E-state index in [1.807, 2.05) is 84.0 Å². The topological polar surface area (TPSA) is 107 Å². The molecule has 0 N–H and O–H groups in total. The van der Waals surface area contributed by atoms with Gasteiger partial charge in [-0.05, 0) is 87.4 Å². The lowest BCUT2D eigenvalue weighted by Crippen LogP contribution is -2.48. The molecule has 0 amide bonds. The standard InChI is InChI=1S/C24H29N3O2S2.C23H27N3O2S2/c1-17-13-19(3)23(20(4)14-17)31(28,29)27-11-9-26(10-12-27)24-25-22(16-30-24)15-21-8-6-5-7-18(21)2;1-17-13-18(2)22(19(3)14-17)30(27,28)26-11-9-25(10-12-26)23-24-21(16-29-23)15-20-7-5-4-6-8-20/h5-8,13-14,16H,9-12,15H2,1-4H3;4-8,13-14,16H,9-12,15H2,1-3H3. The highest BCUT2D eigenvalue weighted by molar-refractivity contribution is 7.89. The summed E-state index contributed by atoms with van der Waals surface area (Å²) in [5, 5.41) is 6.16. The maximum absolute atomic E-state index is 13.3. The molecule has 8 rings (SSSR count). The van der Waals surface area contributed by atoms with Crippen molar-refractivity contribution in [3.05, 3.63) is 151 Å². The molecule has 0 bridgehead atoms. The zero-order valence-corrected chi connectivity index (χ0v) is 39.4. The van der Waals surface area contributed by atoms with Crippen molar-refractivity contribution in [2.24, 2.45) is 0 Å². The second-order valence-corrected chi connectivity index (χ2v) is 21.7. The minimum Gasteiger partial charge on any atom is -0.345 e. The van der Waals surface area contributed by atoms with Gasteiger partial charge in [-0.1, -0.05) is 90.0 Å². The molecule has 6 aromatic rings. The first-order valence-electron chi connectivity index (χ1n) is 20.7. The first kappa shape index (κ1) is 44.6. The van der Waals surface area contributed by atoms with E-state index in [1.165, 1.54) is 16.7 Å². The van der Waals surface area contributed by atoms with Gasteiger partial charge >= 0.3 is 0 Å². The molecule has 4 aromatic carbocycles. The Morgan fingerprint density at radius 1 is 0.492 bits per heavy atom. The van der Waals surface area contributed by atoms with Crippen molar-refractivity contribution >= 4 is 53.0 Å². The average Bonchev–Trinajstić information content (AvgIpc) is 3.89. The highest BCUT2D eigenvalue weighted by Gasteiger charge is 2.33. The van der Waals surface area contributed by atoms with Crippen LogP contribution in [0.25, 0.3) is 0 Å². The highest BCUT2D eigenvalue weighted by atomic mass is 32.2. The third-order valence-corrected chi connectivity index (χ3v) is 17.7. The molecule has 0 saturated carbocycles. The van der Waals surface area contributed by atoms with Gasteiger partial charge in [0.05, 0.1) is 21.2 Å². The summed E-state index contributed by atoms with van der Waals surface area (Å²) in [5.41, 5.74) is 11.4. The third-order valence-electron chi connectivity index (χ3n) is 11.4. The molecule has 2 fully saturated rings. The summed E-state index contributed by atoms with van der Waals surface area (Å²) < 4.78 is 56.4. The van der Waals surface area contributed by atoms with Crippen LogP contribution in [-0.4, -0.2) is 87.8 Å². The van der Waals surface area contributed by atoms with Gasteiger partial charge < -0.3 is 9.80 Å². The number of anilines is 2. The molecular weight excluding hydrogens is 841 g/mol. The molecule has 4 heterocycles. The van der Waals surface area contributed by atoms with Gasteiger partial charge in [0.15, 0.2) is 10.3 Å². The Bertz CT molecular complexity index is 2650. The molecule has 0 radical (unpaired) electrons. The van der Waals surface area contributed by atoms with Crippen LogP contribution in [0.5, 0.6) is 0 Å². The Hall–Kier alpha value is -4.44. The number of nitrogens with zero attached hydrogens (tertiary/aromatic N) is 6. The van der Waals surface area contributed by atoms with Crippen LogP contribution in [0.2, 0.25) is 0 Å². The monoisotopic (exact) mass is 896 g/mol. The number of aromatic nitrogens is 2. The minimum absolute atomic E-state index is 0.459. The van der Waals surface area contributed by atoms with Gasteiger partial charge in [-0.25, -0.2) is 26.8 Å². The summed E-state index contributed by atoms with van der Waals surface area (Å²) in [5.74, 6) is 0. The zero-order chi connectivity index (χ0) is 43.5. The van der Waals surface area contributed by atoms with Gasteiger partial charge in [0.2, 0.25) is 20.0 Å². The second-order valence-electron chi connectivity index (χ2n) is 16.2. The van der Waals surface area contributed by atoms with Crippen LogP contribution >= 0.6 is 22.7 Å². The molecular formula is C47H56N6O4S4. The molecule has 10 nitrogen and oxygen atoms in total. The molecule has 0 spiro atoms. The van der Waals surface area contributed by atoms with Crippen molar-refractivity contribution in [1.29, 1.82) is 0 Å². The number of piperazine rings is 2. The summed E-state index contributed by atoms with van der Waals surface area (Å²) in [6.45, 7) is 18.2. The van der Waals surface area contributed by atoms with E-state index in [2.05, 4.69) is 63.9 Å². The van der Waals surface area contributed by atoms with Crippen LogP contribution in [0.3, 0.4) is 0 Å². The van der Waals surface area contributed by atoms with E-state index in [1.54, 1.807) is 31.3 Å². The Labute approximate surface area is 370 Å². The number of sulfonamides is 2. The number of hydrogen-bond donors (Lipinski definition) is 0. The SMILES string of the molecule is Cc1cc(C)c(S(=O)(=O)N2CCN(c3nc(Cc4ccccc4)cs3)CC2)c(C)c1.Cc1cc(C)c(S(=O)(=O)N2CCN(c3nc(Cc4ccccc4C)cs3)CC2)c(C)c1. The third kappa shape index (κ3) is 10.3. The van der Waals surface area contributed by atoms with E-state index in [0.29, 0.717) is 62.1 Å². The van der Waals surface area contributed by atoms with E-state index in [-0.39, 0.29) is 0 Å². The number of thiazole rings is 2. The van der Waals surface area contributed by atoms with Crippen LogP contribution in [-0.2, 0) is 32.9 Å². The molecule has 0 unspecified atom stereocenters. The fraction of sp³-hybridized carbons (Fsp3) is 0.362. The number of benzene rings is 4. The Kier molecular flexibility index (Phi) is 13.8. The molecule has 2 aromatic heterocycles. The summed E-state index contributed by atoms with van der Waals surface area (Å²) in [6.07, 6.45) is 1.64. The second kappa shape index (κ2) is 18.9. The normalized spacial score (nSPS) is 15.5. The molecule has 322 valence electrons. The van der Waals surface area contributed by atoms with Crippen LogP contribution in [0, 0.1) is 48.5 Å². The molecule has 0 aliphatic carbocycles. The van der Waals surface area contributed by atoms with Gasteiger partial charge in [0, 0.05) is 76.0 Å². The largest absolute Gasteiger partial charge is 0.345 e. The molecule has 14 heteroatoms. The van der Waals surface area contributed by atoms with Crippen molar-refractivity contribution in [2.45, 2.75) is 71.1 Å². The number of hydrogen-bond acceptors (Lipinski definition) is 10. The average molecular weight is 897 g/mol. The molecule has 2 aliphatic heterocycles. The maximum Gasteiger partial charge on any atom is 0.243 e. The van der Waals surface area contributed by atoms with Crippen molar-refractivity contribution in [3.63, 3.8) is 0 Å². The number of rotatable bonds is 10. The molecule has 0 atom stereocenters. The quantitative estimate of drug-likeness (QED) is 0.135. The van der Waals surface area contributed by atoms with Gasteiger partial charge in [-0.2, -0.15) is 8.61 Å². The lowest BCUT2D eigenvalue weighted by Gasteiger charge is -2.34. The van der Waals surface area contributed by atoms with E-state index < -0.39 is 20.0 Å². The van der Waals surface area contributed by atoms with Crippen molar-refractivity contribution in [1.82, 2.24) is 18.6 Å². The zero-order valence-electron chi connectivity index (χ0n) is 36.2. The molecule has 61 heavy (non-hydrogen) atoms. The predicted molar refractivity (Wildman–Crippen MR) is 251 cm³/mol. The summed E-state index contributed by atoms with van der Waals surface area (Å²) in [4.78, 5) is 14.9. The van der Waals surface area contributed by atoms with E-state index >= 15 is 0 Å². The van der Waals surface area contributed by atoms with E-state index in [9.17, 15) is 16.8 Å². The fourth-order valence-electron chi connectivity index (χ4n) is 8.50. The van der Waals surface area contributed by atoms with E-state index in [0.717, 1.165) is 67.9 Å². The summed E-state index contributed by atoms with van der Waals surface area (Å²) in [7, 11) is -6.99. The lowest BCUT2D eigenvalue weighted by atomic mass is 10.1. The van der Waals surface area contributed by atoms with Crippen molar-refractivity contribution in [2.75, 3.05) is 62.2 Å². The van der Waals surface area contributed by atoms with Gasteiger partial charge in [-0.3, -0.25) is 0 Å². The number of aryl methyl sites for hydroxylation is 7. The maximum atomic E-state index is 13.3. The fourth-order valence-corrected chi connectivity index (χ4v) is 13.9. The van der Waals surface area contributed by atoms with Gasteiger partial charge in [0.25, 0.3) is 0 Å². The van der Waals surface area contributed by atoms with Crippen molar-refractivity contribution < 1.29 is 16.8 Å². The molecule has 2 saturated heterocycles. The van der Waals surface area contributed by atoms with E-state index in [4.69, 9.17) is 9.97 Å². The highest BCUT2D eigenvalue weighted by Crippen LogP contribution is 2.31. The van der Waals surface area contributed by atoms with Crippen molar-refractivity contribution in [3.8, 4) is 0 Å². The smallest absolute Gasteiger partial charge is 0.243 e. The Balaban J connectivity index is 0.000000184. The Morgan fingerprint density at radius 3 is 1.31 bits per heavy atom. The van der Waals surface area contributed by atoms with Crippen LogP contribution in [0.15, 0.2) is 99.4 Å². The first-order valence-corrected chi connectivity index (χ1v) is 25.4. The van der Waals surface area contributed by atoms with Crippen LogP contribution < -0.4 is 9.80 Å². The predicted octanol–water partition coefficient (Wildman–Crippen LogP) is 8.65. The first-order chi connectivity index (χ1) is 29.1. The lowest BCUT2D eigenvalue weighted by molar-refractivity contribution is 0.384. The van der Waals surface area contributed by atoms with Crippen LogP contribution in [0.1, 0.15) is 61.5 Å². The Morgan fingerprint density at radius 2 is 0.885 bits per heavy atom. The minimum atomic E-state index is -3.50. The molecule has 2 aliphatic rings. The van der Waals surface area contributed by atoms with Gasteiger partial charge in [0.1, 0.15) is 0 Å². The van der Waals surface area contributed by atoms with Crippen LogP contribution in [0.4, 0.5) is 10.3 Å². The summed E-state index contributed by atoms with van der Waals surface area (Å²) >= 11 is 3.27. The van der Waals surface area contributed by atoms with Gasteiger partial charge in [-0.15, -0.1) is 22.7 Å². The summed E-state index contributed by atoms with van der Waals surface area (Å²) in [6, 6.07) is 26.5.